The summed E-state index contributed by atoms with van der Waals surface area (Å²) in [5.41, 5.74) is 3.49. The quantitative estimate of drug-likeness (QED) is 0.777. The lowest BCUT2D eigenvalue weighted by Crippen LogP contribution is -2.25. The average Bonchev–Trinajstić information content (AvgIpc) is 3.05. The van der Waals surface area contributed by atoms with Crippen LogP contribution in [0.2, 0.25) is 0 Å². The van der Waals surface area contributed by atoms with Gasteiger partial charge in [-0.1, -0.05) is 47.1 Å². The van der Waals surface area contributed by atoms with Gasteiger partial charge in [-0.25, -0.2) is 4.39 Å². The van der Waals surface area contributed by atoms with E-state index >= 15 is 0 Å². The highest BCUT2D eigenvalue weighted by atomic mass is 19.1. The molecule has 0 spiro atoms. The molecule has 0 aliphatic carbocycles. The monoisotopic (exact) mass is 324 g/mol. The van der Waals surface area contributed by atoms with Crippen molar-refractivity contribution in [2.75, 3.05) is 6.54 Å². The van der Waals surface area contributed by atoms with Gasteiger partial charge in [-0.05, 0) is 31.0 Å². The third kappa shape index (κ3) is 3.87. The van der Waals surface area contributed by atoms with E-state index < -0.39 is 0 Å². The first-order valence-electron chi connectivity index (χ1n) is 7.68. The number of hydrogen-bond acceptors (Lipinski definition) is 3. The Labute approximate surface area is 139 Å². The van der Waals surface area contributed by atoms with E-state index in [0.29, 0.717) is 18.7 Å². The zero-order valence-corrected chi connectivity index (χ0v) is 13.3. The summed E-state index contributed by atoms with van der Waals surface area (Å²) in [7, 11) is 0. The first-order valence-corrected chi connectivity index (χ1v) is 7.68. The number of aromatic nitrogens is 1. The Morgan fingerprint density at radius 2 is 1.96 bits per heavy atom. The van der Waals surface area contributed by atoms with E-state index in [1.807, 2.05) is 37.3 Å². The molecule has 0 saturated carbocycles. The zero-order valence-electron chi connectivity index (χ0n) is 13.3. The molecule has 0 bridgehead atoms. The lowest BCUT2D eigenvalue weighted by atomic mass is 10.1. The van der Waals surface area contributed by atoms with E-state index in [4.69, 9.17) is 4.52 Å². The van der Waals surface area contributed by atoms with Crippen LogP contribution in [-0.2, 0) is 6.42 Å². The molecule has 0 aliphatic heterocycles. The van der Waals surface area contributed by atoms with Crippen LogP contribution < -0.4 is 5.32 Å². The maximum atomic E-state index is 13.1. The Kier molecular flexibility index (Phi) is 4.70. The van der Waals surface area contributed by atoms with Gasteiger partial charge >= 0.3 is 0 Å². The third-order valence-electron chi connectivity index (χ3n) is 3.67. The number of aryl methyl sites for hydroxylation is 1. The van der Waals surface area contributed by atoms with Crippen LogP contribution in [0.1, 0.15) is 21.7 Å². The van der Waals surface area contributed by atoms with Crippen LogP contribution in [0.5, 0.6) is 0 Å². The Morgan fingerprint density at radius 3 is 2.71 bits per heavy atom. The van der Waals surface area contributed by atoms with Gasteiger partial charge < -0.3 is 9.84 Å². The molecule has 0 fully saturated rings. The summed E-state index contributed by atoms with van der Waals surface area (Å²) in [4.78, 5) is 12.1. The van der Waals surface area contributed by atoms with Crippen LogP contribution in [0.15, 0.2) is 59.1 Å². The van der Waals surface area contributed by atoms with E-state index in [1.165, 1.54) is 12.1 Å². The summed E-state index contributed by atoms with van der Waals surface area (Å²) >= 11 is 0. The smallest absolute Gasteiger partial charge is 0.289 e. The molecule has 1 N–H and O–H groups in total. The number of rotatable bonds is 5. The second kappa shape index (κ2) is 7.08. The van der Waals surface area contributed by atoms with E-state index in [1.54, 1.807) is 12.1 Å². The number of nitrogens with one attached hydrogen (secondary N) is 1. The summed E-state index contributed by atoms with van der Waals surface area (Å²) in [5, 5.41) is 6.68. The van der Waals surface area contributed by atoms with Gasteiger partial charge in [0, 0.05) is 18.2 Å². The van der Waals surface area contributed by atoms with E-state index in [0.717, 1.165) is 16.7 Å². The number of amides is 1. The maximum Gasteiger partial charge on any atom is 0.289 e. The first kappa shape index (κ1) is 15.9. The van der Waals surface area contributed by atoms with Gasteiger partial charge in [-0.15, -0.1) is 0 Å². The van der Waals surface area contributed by atoms with Crippen LogP contribution in [0, 0.1) is 12.7 Å². The van der Waals surface area contributed by atoms with Crippen LogP contribution >= 0.6 is 0 Å². The average molecular weight is 324 g/mol. The first-order chi connectivity index (χ1) is 11.6. The van der Waals surface area contributed by atoms with Crippen LogP contribution in [0.3, 0.4) is 0 Å². The summed E-state index contributed by atoms with van der Waals surface area (Å²) in [6.07, 6.45) is 0.544. The molecular formula is C19H17FN2O2. The molecule has 1 aromatic heterocycles. The molecule has 0 unspecified atom stereocenters. The molecule has 3 aromatic rings. The topological polar surface area (TPSA) is 55.1 Å². The number of carbonyl (C=O) groups excluding carboxylic acids is 1. The molecule has 0 radical (unpaired) electrons. The second-order valence-electron chi connectivity index (χ2n) is 5.58. The van der Waals surface area contributed by atoms with Gasteiger partial charge in [0.05, 0.1) is 0 Å². The van der Waals surface area contributed by atoms with Crippen molar-refractivity contribution in [2.24, 2.45) is 0 Å². The number of carbonyl (C=O) groups is 1. The van der Waals surface area contributed by atoms with Crippen molar-refractivity contribution in [1.29, 1.82) is 0 Å². The van der Waals surface area contributed by atoms with E-state index in [2.05, 4.69) is 10.5 Å². The van der Waals surface area contributed by atoms with Gasteiger partial charge in [0.15, 0.2) is 0 Å². The summed E-state index contributed by atoms with van der Waals surface area (Å²) in [6, 6.07) is 15.7. The predicted molar refractivity (Wildman–Crippen MR) is 89.1 cm³/mol. The fourth-order valence-corrected chi connectivity index (χ4v) is 2.34. The lowest BCUT2D eigenvalue weighted by Gasteiger charge is -2.03. The minimum atomic E-state index is -0.336. The number of benzene rings is 2. The van der Waals surface area contributed by atoms with Crippen LogP contribution in [0.4, 0.5) is 4.39 Å². The van der Waals surface area contributed by atoms with Crippen molar-refractivity contribution < 1.29 is 13.7 Å². The summed E-state index contributed by atoms with van der Waals surface area (Å²) in [6.45, 7) is 2.40. The Bertz CT molecular complexity index is 841. The minimum absolute atomic E-state index is 0.157. The van der Waals surface area contributed by atoms with Gasteiger partial charge in [0.2, 0.25) is 5.76 Å². The largest absolute Gasteiger partial charge is 0.350 e. The molecule has 3 rings (SSSR count). The Morgan fingerprint density at radius 1 is 1.17 bits per heavy atom. The molecule has 24 heavy (non-hydrogen) atoms. The molecule has 1 amide bonds. The van der Waals surface area contributed by atoms with Crippen molar-refractivity contribution in [3.05, 3.63) is 77.3 Å². The predicted octanol–water partition coefficient (Wildman–Crippen LogP) is 3.76. The highest BCUT2D eigenvalue weighted by Gasteiger charge is 2.13. The van der Waals surface area contributed by atoms with Gasteiger partial charge in [-0.3, -0.25) is 4.79 Å². The van der Waals surface area contributed by atoms with Crippen molar-refractivity contribution in [3.63, 3.8) is 0 Å². The zero-order chi connectivity index (χ0) is 16.9. The van der Waals surface area contributed by atoms with Crippen molar-refractivity contribution in [3.8, 4) is 11.3 Å². The minimum Gasteiger partial charge on any atom is -0.350 e. The van der Waals surface area contributed by atoms with E-state index in [-0.39, 0.29) is 17.5 Å². The Balaban J connectivity index is 1.58. The van der Waals surface area contributed by atoms with Crippen LogP contribution in [0.25, 0.3) is 11.3 Å². The number of hydrogen-bond donors (Lipinski definition) is 1. The molecule has 0 aliphatic rings. The Hall–Kier alpha value is -2.95. The van der Waals surface area contributed by atoms with Gasteiger partial charge in [-0.2, -0.15) is 0 Å². The molecule has 2 aromatic carbocycles. The SMILES string of the molecule is Cc1ccc(-c2cc(C(=O)NCCc3cccc(F)c3)on2)cc1. The number of halogens is 1. The van der Waals surface area contributed by atoms with Crippen molar-refractivity contribution in [2.45, 2.75) is 13.3 Å². The highest BCUT2D eigenvalue weighted by molar-refractivity contribution is 5.92. The van der Waals surface area contributed by atoms with Crippen LogP contribution in [-0.4, -0.2) is 17.6 Å². The highest BCUT2D eigenvalue weighted by Crippen LogP contribution is 2.19. The maximum absolute atomic E-state index is 13.1. The molecule has 0 atom stereocenters. The fourth-order valence-electron chi connectivity index (χ4n) is 2.34. The number of nitrogens with zero attached hydrogens (tertiary/aromatic N) is 1. The normalized spacial score (nSPS) is 10.6. The molecular weight excluding hydrogens is 307 g/mol. The molecule has 0 saturated heterocycles. The third-order valence-corrected chi connectivity index (χ3v) is 3.67. The molecule has 5 heteroatoms. The summed E-state index contributed by atoms with van der Waals surface area (Å²) < 4.78 is 18.2. The second-order valence-corrected chi connectivity index (χ2v) is 5.58. The van der Waals surface area contributed by atoms with Crippen molar-refractivity contribution in [1.82, 2.24) is 10.5 Å². The fraction of sp³-hybridized carbons (Fsp3) is 0.158. The van der Waals surface area contributed by atoms with Crippen molar-refractivity contribution >= 4 is 5.91 Å². The van der Waals surface area contributed by atoms with Gasteiger partial charge in [0.1, 0.15) is 11.5 Å². The summed E-state index contributed by atoms with van der Waals surface area (Å²) in [5.74, 6) is -0.459. The standard InChI is InChI=1S/C19H17FN2O2/c1-13-5-7-15(8-6-13)17-12-18(24-22-17)19(23)21-10-9-14-3-2-4-16(20)11-14/h2-8,11-12H,9-10H2,1H3,(H,21,23). The van der Waals surface area contributed by atoms with E-state index in [9.17, 15) is 9.18 Å². The van der Waals surface area contributed by atoms with Gasteiger partial charge in [0.25, 0.3) is 5.91 Å². The molecule has 1 heterocycles. The molecule has 122 valence electrons. The molecule has 4 nitrogen and oxygen atoms in total. The lowest BCUT2D eigenvalue weighted by molar-refractivity contribution is 0.0917.